The minimum Gasteiger partial charge on any atom is -0.378 e. The molecule has 0 fully saturated rings. The van der Waals surface area contributed by atoms with Gasteiger partial charge >= 0.3 is 0 Å². The van der Waals surface area contributed by atoms with E-state index in [2.05, 4.69) is 71.0 Å². The quantitative estimate of drug-likeness (QED) is 0.334. The van der Waals surface area contributed by atoms with Crippen molar-refractivity contribution in [2.75, 3.05) is 19.6 Å². The van der Waals surface area contributed by atoms with E-state index >= 15 is 0 Å². The number of carbonyl (C=O) groups excluding carboxylic acids is 1. The van der Waals surface area contributed by atoms with Gasteiger partial charge in [-0.15, -0.1) is 22.9 Å². The zero-order valence-electron chi connectivity index (χ0n) is 20.8. The summed E-state index contributed by atoms with van der Waals surface area (Å²) in [7, 11) is 0. The summed E-state index contributed by atoms with van der Waals surface area (Å²) in [5, 5.41) is 4.16. The largest absolute Gasteiger partial charge is 0.378 e. The van der Waals surface area contributed by atoms with Crippen LogP contribution in [-0.4, -0.2) is 40.8 Å². The first-order valence-corrected chi connectivity index (χ1v) is 14.3. The lowest BCUT2D eigenvalue weighted by molar-refractivity contribution is -0.115. The van der Waals surface area contributed by atoms with Gasteiger partial charge in [0.15, 0.2) is 0 Å². The minimum absolute atomic E-state index is 0.0123. The second-order valence-electron chi connectivity index (χ2n) is 9.96. The van der Waals surface area contributed by atoms with Crippen LogP contribution in [0.5, 0.6) is 0 Å². The molecule has 36 heavy (non-hydrogen) atoms. The molecular formula is C30H34ClN3OS. The summed E-state index contributed by atoms with van der Waals surface area (Å²) in [6.07, 6.45) is 12.2. The number of allylic oxidation sites excluding steroid dienone is 2. The molecule has 1 amide bonds. The average molecular weight is 520 g/mol. The fourth-order valence-corrected chi connectivity index (χ4v) is 6.36. The molecule has 2 aromatic carbocycles. The van der Waals surface area contributed by atoms with Crippen molar-refractivity contribution in [3.63, 3.8) is 0 Å². The van der Waals surface area contributed by atoms with E-state index in [0.29, 0.717) is 18.4 Å². The van der Waals surface area contributed by atoms with Crippen LogP contribution >= 0.6 is 22.9 Å². The molecule has 2 aliphatic rings. The number of hydrogen-bond donors (Lipinski definition) is 1. The highest BCUT2D eigenvalue weighted by atomic mass is 35.5. The number of halogens is 1. The molecule has 0 saturated heterocycles. The Hall–Kier alpha value is -2.63. The predicted molar refractivity (Wildman–Crippen MR) is 151 cm³/mol. The van der Waals surface area contributed by atoms with Gasteiger partial charge in [-0.1, -0.05) is 48.6 Å². The number of benzene rings is 2. The van der Waals surface area contributed by atoms with E-state index in [9.17, 15) is 4.79 Å². The minimum atomic E-state index is -0.0850. The monoisotopic (exact) mass is 519 g/mol. The lowest BCUT2D eigenvalue weighted by Gasteiger charge is -2.27. The number of rotatable bonds is 8. The molecule has 5 rings (SSSR count). The molecule has 1 aliphatic carbocycles. The third-order valence-electron chi connectivity index (χ3n) is 7.19. The highest BCUT2D eigenvalue weighted by Gasteiger charge is 2.23. The number of fused-ring (bicyclic) bond motifs is 2. The molecule has 1 N–H and O–H groups in total. The third-order valence-corrected chi connectivity index (χ3v) is 8.51. The Morgan fingerprint density at radius 3 is 2.83 bits per heavy atom. The van der Waals surface area contributed by atoms with Gasteiger partial charge in [0.25, 0.3) is 5.91 Å². The average Bonchev–Trinajstić information content (AvgIpc) is 3.24. The van der Waals surface area contributed by atoms with E-state index in [1.807, 2.05) is 24.3 Å². The van der Waals surface area contributed by atoms with Crippen molar-refractivity contribution in [3.05, 3.63) is 83.0 Å². The standard InChI is InChI=1S/C30H34ClN3OS/c1-21(31)20-32-29(35)26-19-22(12-13-23-8-2-3-9-25(23)26)7-6-16-34-17-14-24(15-18-34)30-33-27-10-4-5-11-28(27)36-30/h2-5,8-11,14,17,19,21-22,24H,6-7,12-13,15-16,18,20H2,1H3,(H,32,35). The second-order valence-corrected chi connectivity index (χ2v) is 11.8. The summed E-state index contributed by atoms with van der Waals surface area (Å²) >= 11 is 7.90. The first-order valence-electron chi connectivity index (χ1n) is 13.1. The van der Waals surface area contributed by atoms with Crippen molar-refractivity contribution in [1.82, 2.24) is 15.2 Å². The molecule has 3 atom stereocenters. The van der Waals surface area contributed by atoms with Crippen molar-refractivity contribution < 1.29 is 4.79 Å². The zero-order chi connectivity index (χ0) is 24.9. The van der Waals surface area contributed by atoms with E-state index in [1.165, 1.54) is 15.3 Å². The summed E-state index contributed by atoms with van der Waals surface area (Å²) in [6, 6.07) is 16.7. The van der Waals surface area contributed by atoms with Gasteiger partial charge in [0, 0.05) is 36.5 Å². The highest BCUT2D eigenvalue weighted by Crippen LogP contribution is 2.33. The summed E-state index contributed by atoms with van der Waals surface area (Å²) in [6.45, 7) is 4.49. The van der Waals surface area contributed by atoms with Crippen LogP contribution in [0, 0.1) is 5.92 Å². The van der Waals surface area contributed by atoms with E-state index in [4.69, 9.17) is 16.6 Å². The van der Waals surface area contributed by atoms with E-state index in [-0.39, 0.29) is 11.3 Å². The maximum Gasteiger partial charge on any atom is 0.251 e. The second kappa shape index (κ2) is 11.6. The fraction of sp³-hybridized carbons (Fsp3) is 0.400. The number of aryl methyl sites for hydroxylation is 1. The van der Waals surface area contributed by atoms with Gasteiger partial charge in [-0.25, -0.2) is 4.98 Å². The van der Waals surface area contributed by atoms with Crippen LogP contribution in [0.25, 0.3) is 15.8 Å². The molecular weight excluding hydrogens is 486 g/mol. The summed E-state index contributed by atoms with van der Waals surface area (Å²) < 4.78 is 1.27. The molecule has 188 valence electrons. The van der Waals surface area contributed by atoms with Crippen LogP contribution in [0.2, 0.25) is 0 Å². The molecule has 0 bridgehead atoms. The molecule has 3 aromatic rings. The maximum atomic E-state index is 13.0. The van der Waals surface area contributed by atoms with Crippen LogP contribution in [0.1, 0.15) is 54.7 Å². The van der Waals surface area contributed by atoms with Crippen LogP contribution in [0.15, 0.2) is 66.9 Å². The number of thiazole rings is 1. The number of carbonyl (C=O) groups is 1. The molecule has 3 unspecified atom stereocenters. The molecule has 0 spiro atoms. The van der Waals surface area contributed by atoms with Gasteiger partial charge in [-0.3, -0.25) is 4.79 Å². The van der Waals surface area contributed by atoms with Crippen molar-refractivity contribution in [2.45, 2.75) is 50.3 Å². The lowest BCUT2D eigenvalue weighted by atomic mass is 9.96. The van der Waals surface area contributed by atoms with Crippen molar-refractivity contribution >= 4 is 44.6 Å². The first kappa shape index (κ1) is 25.0. The van der Waals surface area contributed by atoms with E-state index < -0.39 is 0 Å². The van der Waals surface area contributed by atoms with Gasteiger partial charge in [0.05, 0.1) is 10.2 Å². The number of nitrogens with zero attached hydrogens (tertiary/aromatic N) is 2. The molecule has 0 saturated carbocycles. The van der Waals surface area contributed by atoms with Crippen molar-refractivity contribution in [1.29, 1.82) is 0 Å². The summed E-state index contributed by atoms with van der Waals surface area (Å²) in [5.74, 6) is 0.802. The van der Waals surface area contributed by atoms with Crippen LogP contribution < -0.4 is 5.32 Å². The first-order chi connectivity index (χ1) is 17.6. The van der Waals surface area contributed by atoms with Crippen LogP contribution in [-0.2, 0) is 11.2 Å². The zero-order valence-corrected chi connectivity index (χ0v) is 22.4. The molecule has 0 radical (unpaired) electrons. The SMILES string of the molecule is CC(Cl)CNC(=O)C1=CC(CCCN2C=CC(c3nc4ccccc4s3)CC2)CCc2ccccc21. The van der Waals surface area contributed by atoms with Crippen LogP contribution in [0.4, 0.5) is 0 Å². The molecule has 1 aromatic heterocycles. The maximum absolute atomic E-state index is 13.0. The normalized spacial score (nSPS) is 20.5. The number of para-hydroxylation sites is 1. The topological polar surface area (TPSA) is 45.2 Å². The van der Waals surface area contributed by atoms with Crippen molar-refractivity contribution in [3.8, 4) is 0 Å². The van der Waals surface area contributed by atoms with Gasteiger partial charge in [0.2, 0.25) is 0 Å². The number of alkyl halides is 1. The summed E-state index contributed by atoms with van der Waals surface area (Å²) in [4.78, 5) is 20.3. The van der Waals surface area contributed by atoms with Gasteiger partial charge < -0.3 is 10.2 Å². The number of aromatic nitrogens is 1. The number of amides is 1. The molecule has 2 heterocycles. The Labute approximate surface area is 223 Å². The van der Waals surface area contributed by atoms with Gasteiger partial charge in [-0.2, -0.15) is 0 Å². The number of hydrogen-bond acceptors (Lipinski definition) is 4. The number of nitrogens with one attached hydrogen (secondary N) is 1. The summed E-state index contributed by atoms with van der Waals surface area (Å²) in [5.41, 5.74) is 4.25. The Bertz CT molecular complexity index is 1230. The predicted octanol–water partition coefficient (Wildman–Crippen LogP) is 6.77. The van der Waals surface area contributed by atoms with E-state index in [1.54, 1.807) is 0 Å². The fourth-order valence-electron chi connectivity index (χ4n) is 5.20. The van der Waals surface area contributed by atoms with E-state index in [0.717, 1.165) is 61.8 Å². The highest BCUT2D eigenvalue weighted by molar-refractivity contribution is 7.18. The Balaban J connectivity index is 1.18. The molecule has 4 nitrogen and oxygen atoms in total. The molecule has 1 aliphatic heterocycles. The molecule has 6 heteroatoms. The Kier molecular flexibility index (Phi) is 8.08. The van der Waals surface area contributed by atoms with Crippen molar-refractivity contribution in [2.24, 2.45) is 5.92 Å². The van der Waals surface area contributed by atoms with Crippen LogP contribution in [0.3, 0.4) is 0 Å². The van der Waals surface area contributed by atoms with Gasteiger partial charge in [-0.05, 0) is 74.4 Å². The Morgan fingerprint density at radius 2 is 2.03 bits per heavy atom. The Morgan fingerprint density at radius 1 is 1.19 bits per heavy atom. The third kappa shape index (κ3) is 6.01. The van der Waals surface area contributed by atoms with Gasteiger partial charge in [0.1, 0.15) is 5.01 Å². The lowest BCUT2D eigenvalue weighted by Crippen LogP contribution is -2.29. The smallest absolute Gasteiger partial charge is 0.251 e.